The van der Waals surface area contributed by atoms with Crippen molar-refractivity contribution < 1.29 is 13.9 Å². The van der Waals surface area contributed by atoms with Crippen LogP contribution in [-0.2, 0) is 0 Å². The number of fused-ring (bicyclic) bond motifs is 1. The molecule has 3 N–H and O–H groups in total. The molecule has 3 heterocycles. The van der Waals surface area contributed by atoms with Crippen LogP contribution in [0.5, 0.6) is 11.6 Å². The SMILES string of the molecule is O=C(Nc1ccc(Oc2ncnc3[nH]ncc23)c(F)c1)Nc1ccnn1-c1ccccc1. The number of hydrogen-bond donors (Lipinski definition) is 3. The summed E-state index contributed by atoms with van der Waals surface area (Å²) in [7, 11) is 0. The molecule has 0 aliphatic carbocycles. The van der Waals surface area contributed by atoms with Gasteiger partial charge in [-0.15, -0.1) is 0 Å². The van der Waals surface area contributed by atoms with Crippen LogP contribution in [0, 0.1) is 5.82 Å². The zero-order chi connectivity index (χ0) is 21.9. The number of rotatable bonds is 5. The van der Waals surface area contributed by atoms with Crippen LogP contribution in [0.3, 0.4) is 0 Å². The molecule has 0 aliphatic rings. The number of para-hydroxylation sites is 1. The predicted molar refractivity (Wildman–Crippen MR) is 114 cm³/mol. The van der Waals surface area contributed by atoms with Crippen molar-refractivity contribution in [2.75, 3.05) is 10.6 Å². The van der Waals surface area contributed by atoms with Crippen molar-refractivity contribution in [2.45, 2.75) is 0 Å². The van der Waals surface area contributed by atoms with E-state index in [0.717, 1.165) is 11.8 Å². The maximum absolute atomic E-state index is 14.6. The van der Waals surface area contributed by atoms with Gasteiger partial charge in [0.05, 0.1) is 18.1 Å². The molecule has 11 heteroatoms. The zero-order valence-electron chi connectivity index (χ0n) is 16.4. The number of nitrogens with zero attached hydrogens (tertiary/aromatic N) is 5. The molecule has 0 saturated carbocycles. The third-order valence-electron chi connectivity index (χ3n) is 4.49. The molecule has 3 aromatic heterocycles. The van der Waals surface area contributed by atoms with Crippen molar-refractivity contribution in [1.82, 2.24) is 29.9 Å². The third-order valence-corrected chi connectivity index (χ3v) is 4.49. The number of ether oxygens (including phenoxy) is 1. The Balaban J connectivity index is 1.29. The van der Waals surface area contributed by atoms with Crippen LogP contribution < -0.4 is 15.4 Å². The van der Waals surface area contributed by atoms with E-state index in [1.165, 1.54) is 24.7 Å². The lowest BCUT2D eigenvalue weighted by Gasteiger charge is -2.11. The first-order chi connectivity index (χ1) is 15.7. The van der Waals surface area contributed by atoms with E-state index in [1.807, 2.05) is 30.3 Å². The smallest absolute Gasteiger partial charge is 0.324 e. The molecule has 0 atom stereocenters. The van der Waals surface area contributed by atoms with E-state index >= 15 is 0 Å². The molecule has 0 radical (unpaired) electrons. The minimum absolute atomic E-state index is 0.0562. The third kappa shape index (κ3) is 3.81. The van der Waals surface area contributed by atoms with Crippen molar-refractivity contribution in [1.29, 1.82) is 0 Å². The van der Waals surface area contributed by atoms with Gasteiger partial charge in [0.15, 0.2) is 17.2 Å². The highest BCUT2D eigenvalue weighted by atomic mass is 19.1. The summed E-state index contributed by atoms with van der Waals surface area (Å²) in [4.78, 5) is 20.4. The summed E-state index contributed by atoms with van der Waals surface area (Å²) in [6.45, 7) is 0. The Morgan fingerprint density at radius 3 is 2.78 bits per heavy atom. The molecule has 0 saturated heterocycles. The number of hydrogen-bond acceptors (Lipinski definition) is 6. The molecule has 0 bridgehead atoms. The molecule has 10 nitrogen and oxygen atoms in total. The van der Waals surface area contributed by atoms with Crippen molar-refractivity contribution in [3.05, 3.63) is 79.1 Å². The normalized spacial score (nSPS) is 10.8. The van der Waals surface area contributed by atoms with Gasteiger partial charge in [0.2, 0.25) is 5.88 Å². The van der Waals surface area contributed by atoms with Gasteiger partial charge in [-0.05, 0) is 24.3 Å². The van der Waals surface area contributed by atoms with E-state index in [9.17, 15) is 9.18 Å². The molecule has 2 aromatic carbocycles. The predicted octanol–water partition coefficient (Wildman–Crippen LogP) is 4.11. The standard InChI is InChI=1S/C21H15FN8O2/c22-16-10-13(6-7-17(16)32-20-15-11-25-29-19(15)23-12-24-20)27-21(31)28-18-8-9-26-30(18)14-4-2-1-3-5-14/h1-12H,(H2,27,28,31)(H,23,24,25,29). The minimum atomic E-state index is -0.674. The minimum Gasteiger partial charge on any atom is -0.435 e. The maximum atomic E-state index is 14.6. The summed E-state index contributed by atoms with van der Waals surface area (Å²) in [6.07, 6.45) is 4.34. The highest BCUT2D eigenvalue weighted by molar-refractivity contribution is 5.99. The number of H-pyrrole nitrogens is 1. The Bertz CT molecular complexity index is 1400. The quantitative estimate of drug-likeness (QED) is 0.386. The zero-order valence-corrected chi connectivity index (χ0v) is 16.4. The van der Waals surface area contributed by atoms with Crippen LogP contribution in [0.1, 0.15) is 0 Å². The van der Waals surface area contributed by atoms with Gasteiger partial charge in [-0.25, -0.2) is 23.8 Å². The molecule has 158 valence electrons. The molecule has 32 heavy (non-hydrogen) atoms. The number of carbonyl (C=O) groups excluding carboxylic acids is 1. The number of nitrogens with one attached hydrogen (secondary N) is 3. The van der Waals surface area contributed by atoms with Gasteiger partial charge in [0.1, 0.15) is 17.5 Å². The average Bonchev–Trinajstić information content (AvgIpc) is 3.46. The van der Waals surface area contributed by atoms with E-state index in [4.69, 9.17) is 4.74 Å². The van der Waals surface area contributed by atoms with E-state index in [1.54, 1.807) is 16.9 Å². The Morgan fingerprint density at radius 2 is 1.94 bits per heavy atom. The van der Waals surface area contributed by atoms with E-state index in [2.05, 4.69) is 35.9 Å². The molecule has 2 amide bonds. The Labute approximate surface area is 180 Å². The number of benzene rings is 2. The topological polar surface area (TPSA) is 123 Å². The van der Waals surface area contributed by atoms with Gasteiger partial charge in [-0.3, -0.25) is 10.4 Å². The number of aromatic nitrogens is 6. The van der Waals surface area contributed by atoms with Gasteiger partial charge in [0, 0.05) is 17.8 Å². The lowest BCUT2D eigenvalue weighted by molar-refractivity contribution is 0.262. The van der Waals surface area contributed by atoms with Gasteiger partial charge in [-0.1, -0.05) is 18.2 Å². The molecular weight excluding hydrogens is 415 g/mol. The molecular formula is C21H15FN8O2. The highest BCUT2D eigenvalue weighted by Gasteiger charge is 2.13. The monoisotopic (exact) mass is 430 g/mol. The molecule has 0 unspecified atom stereocenters. The Morgan fingerprint density at radius 1 is 1.06 bits per heavy atom. The van der Waals surface area contributed by atoms with Crippen LogP contribution in [0.4, 0.5) is 20.7 Å². The number of amides is 2. The van der Waals surface area contributed by atoms with E-state index in [0.29, 0.717) is 16.9 Å². The summed E-state index contributed by atoms with van der Waals surface area (Å²) < 4.78 is 21.7. The van der Waals surface area contributed by atoms with E-state index < -0.39 is 11.8 Å². The van der Waals surface area contributed by atoms with E-state index in [-0.39, 0.29) is 17.3 Å². The fraction of sp³-hybridized carbons (Fsp3) is 0. The summed E-state index contributed by atoms with van der Waals surface area (Å²) in [5.41, 5.74) is 1.51. The number of urea groups is 1. The number of carbonyl (C=O) groups is 1. The Hall–Kier alpha value is -4.80. The number of anilines is 2. The summed E-state index contributed by atoms with van der Waals surface area (Å²) >= 11 is 0. The van der Waals surface area contributed by atoms with Gasteiger partial charge in [-0.2, -0.15) is 10.2 Å². The summed E-state index contributed by atoms with van der Waals surface area (Å²) in [5, 5.41) is 16.6. The van der Waals surface area contributed by atoms with Crippen LogP contribution in [0.25, 0.3) is 16.7 Å². The molecule has 0 spiro atoms. The number of halogens is 1. The molecule has 5 aromatic rings. The van der Waals surface area contributed by atoms with Crippen LogP contribution >= 0.6 is 0 Å². The Kier molecular flexibility index (Phi) is 4.88. The largest absolute Gasteiger partial charge is 0.435 e. The van der Waals surface area contributed by atoms with Gasteiger partial charge in [0.25, 0.3) is 0 Å². The maximum Gasteiger partial charge on any atom is 0.324 e. The first-order valence-electron chi connectivity index (χ1n) is 9.46. The highest BCUT2D eigenvalue weighted by Crippen LogP contribution is 2.29. The first kappa shape index (κ1) is 19.2. The molecule has 5 rings (SSSR count). The lowest BCUT2D eigenvalue weighted by Crippen LogP contribution is -2.21. The number of aromatic amines is 1. The summed E-state index contributed by atoms with van der Waals surface area (Å²) in [5.74, 6) is -0.107. The summed E-state index contributed by atoms with van der Waals surface area (Å²) in [6, 6.07) is 14.5. The van der Waals surface area contributed by atoms with Crippen molar-refractivity contribution in [3.63, 3.8) is 0 Å². The van der Waals surface area contributed by atoms with Crippen LogP contribution in [0.2, 0.25) is 0 Å². The van der Waals surface area contributed by atoms with Crippen molar-refractivity contribution >= 4 is 28.6 Å². The van der Waals surface area contributed by atoms with Crippen molar-refractivity contribution in [2.24, 2.45) is 0 Å². The van der Waals surface area contributed by atoms with Crippen LogP contribution in [0.15, 0.2) is 73.3 Å². The molecule has 0 aliphatic heterocycles. The van der Waals surface area contributed by atoms with Crippen molar-refractivity contribution in [3.8, 4) is 17.3 Å². The first-order valence-corrected chi connectivity index (χ1v) is 9.46. The second kappa shape index (κ2) is 8.14. The second-order valence-corrected chi connectivity index (χ2v) is 6.60. The average molecular weight is 430 g/mol. The lowest BCUT2D eigenvalue weighted by atomic mass is 10.3. The van der Waals surface area contributed by atoms with Gasteiger partial charge < -0.3 is 10.1 Å². The van der Waals surface area contributed by atoms with Gasteiger partial charge >= 0.3 is 6.03 Å². The second-order valence-electron chi connectivity index (χ2n) is 6.60. The molecule has 0 fully saturated rings. The fourth-order valence-electron chi connectivity index (χ4n) is 3.04. The van der Waals surface area contributed by atoms with Crippen LogP contribution in [-0.4, -0.2) is 36.0 Å². The fourth-order valence-corrected chi connectivity index (χ4v) is 3.04.